The van der Waals surface area contributed by atoms with Crippen molar-refractivity contribution in [2.24, 2.45) is 0 Å². The summed E-state index contributed by atoms with van der Waals surface area (Å²) in [7, 11) is 0. The van der Waals surface area contributed by atoms with Crippen LogP contribution in [0.15, 0.2) is 0 Å². The molecule has 2 atom stereocenters. The molecule has 0 aromatic carbocycles. The molecule has 0 rings (SSSR count). The minimum Gasteiger partial charge on any atom is -1.00 e. The zero-order chi connectivity index (χ0) is 8.69. The third-order valence-corrected chi connectivity index (χ3v) is 1.04. The van der Waals surface area contributed by atoms with Crippen LogP contribution in [0.3, 0.4) is 0 Å². The largest absolute Gasteiger partial charge is 2.00 e. The average molecular weight is 274 g/mol. The molecule has 0 saturated carbocycles. The van der Waals surface area contributed by atoms with E-state index in [-0.39, 0.29) is 86.5 Å². The first-order valence-electron chi connectivity index (χ1n) is 3.36. The van der Waals surface area contributed by atoms with Crippen LogP contribution in [-0.2, 0) is 24.2 Å². The van der Waals surface area contributed by atoms with Crippen LogP contribution >= 0.6 is 0 Å². The fourth-order valence-electron chi connectivity index (χ4n) is 0.446. The minimum absolute atomic E-state index is 0. The number of hydrogen-bond donors (Lipinski definition) is 4. The maximum Gasteiger partial charge on any atom is 2.00 e. The van der Waals surface area contributed by atoms with Crippen LogP contribution in [0.5, 0.6) is 0 Å². The number of hydrogen-bond acceptors (Lipinski definition) is 5. The van der Waals surface area contributed by atoms with E-state index in [0.717, 1.165) is 0 Å². The van der Waals surface area contributed by atoms with Crippen LogP contribution in [0, 0.1) is 0 Å². The van der Waals surface area contributed by atoms with Crippen molar-refractivity contribution in [1.82, 2.24) is 0 Å². The second-order valence-electron chi connectivity index (χ2n) is 2.21. The molecule has 0 spiro atoms. The normalized spacial score (nSPS) is 13.8. The predicted molar refractivity (Wildman–Crippen MR) is 45.0 cm³/mol. The Morgan fingerprint density at radius 3 is 1.54 bits per heavy atom. The summed E-state index contributed by atoms with van der Waals surface area (Å²) < 4.78 is 4.72. The van der Waals surface area contributed by atoms with Crippen molar-refractivity contribution < 1.29 is 47.5 Å². The molecular formula is C6H16CaO5Zn. The van der Waals surface area contributed by atoms with Crippen molar-refractivity contribution in [2.45, 2.75) is 12.2 Å². The number of rotatable bonds is 6. The summed E-state index contributed by atoms with van der Waals surface area (Å²) in [5.74, 6) is 0. The summed E-state index contributed by atoms with van der Waals surface area (Å²) in [5.41, 5.74) is 0. The molecule has 0 fully saturated rings. The van der Waals surface area contributed by atoms with Gasteiger partial charge in [0.05, 0.1) is 26.4 Å². The standard InChI is InChI=1S/C6H14O5.Ca.Zn.2H/c7-1-5(9)3-11-4-6(10)2-8;;;;/h5-10H,1-4H2;;;;/q;+2;;2*-1. The van der Waals surface area contributed by atoms with E-state index in [0.29, 0.717) is 0 Å². The Kier molecular flexibility index (Phi) is 21.2. The molecule has 0 aliphatic carbocycles. The fraction of sp³-hybridized carbons (Fsp3) is 1.00. The molecule has 0 amide bonds. The van der Waals surface area contributed by atoms with Gasteiger partial charge in [0.15, 0.2) is 0 Å². The predicted octanol–water partition coefficient (Wildman–Crippen LogP) is -2.45. The number of aliphatic hydroxyl groups excluding tert-OH is 4. The van der Waals surface area contributed by atoms with Crippen LogP contribution in [0.2, 0.25) is 0 Å². The zero-order valence-electron chi connectivity index (χ0n) is 9.59. The van der Waals surface area contributed by atoms with Crippen molar-refractivity contribution in [3.63, 3.8) is 0 Å². The summed E-state index contributed by atoms with van der Waals surface area (Å²) in [4.78, 5) is 0. The maximum atomic E-state index is 8.72. The topological polar surface area (TPSA) is 90.2 Å². The van der Waals surface area contributed by atoms with E-state index in [4.69, 9.17) is 25.2 Å². The summed E-state index contributed by atoms with van der Waals surface area (Å²) >= 11 is 0. The first-order chi connectivity index (χ1) is 5.20. The molecule has 0 saturated heterocycles. The molecule has 0 heterocycles. The molecule has 5 nitrogen and oxygen atoms in total. The van der Waals surface area contributed by atoms with E-state index in [1.807, 2.05) is 0 Å². The van der Waals surface area contributed by atoms with Crippen molar-refractivity contribution in [3.8, 4) is 0 Å². The van der Waals surface area contributed by atoms with E-state index in [1.54, 1.807) is 0 Å². The Hall–Kier alpha value is 1.68. The van der Waals surface area contributed by atoms with Crippen molar-refractivity contribution >= 4 is 37.7 Å². The smallest absolute Gasteiger partial charge is 1.00 e. The van der Waals surface area contributed by atoms with Gasteiger partial charge < -0.3 is 28.0 Å². The van der Waals surface area contributed by atoms with Crippen LogP contribution in [0.25, 0.3) is 0 Å². The molecule has 4 N–H and O–H groups in total. The molecule has 74 valence electrons. The molecule has 0 radical (unpaired) electrons. The Labute approximate surface area is 123 Å². The van der Waals surface area contributed by atoms with E-state index in [1.165, 1.54) is 0 Å². The zero-order valence-corrected chi connectivity index (χ0v) is 12.8. The Bertz CT molecular complexity index is 95.6. The van der Waals surface area contributed by atoms with Crippen LogP contribution in [-0.4, -0.2) is 96.8 Å². The summed E-state index contributed by atoms with van der Waals surface area (Å²) in [6.07, 6.45) is -1.83. The third kappa shape index (κ3) is 13.7. The summed E-state index contributed by atoms with van der Waals surface area (Å²) in [6, 6.07) is 0. The molecule has 0 aromatic heterocycles. The molecule has 7 heteroatoms. The molecule has 0 aliphatic heterocycles. The van der Waals surface area contributed by atoms with Crippen molar-refractivity contribution in [1.29, 1.82) is 0 Å². The van der Waals surface area contributed by atoms with Gasteiger partial charge >= 0.3 is 37.7 Å². The van der Waals surface area contributed by atoms with Crippen molar-refractivity contribution in [3.05, 3.63) is 0 Å². The van der Waals surface area contributed by atoms with E-state index in [2.05, 4.69) is 0 Å². The fourth-order valence-corrected chi connectivity index (χ4v) is 0.446. The number of aliphatic hydroxyl groups is 4. The van der Waals surface area contributed by atoms with Crippen LogP contribution < -0.4 is 0 Å². The van der Waals surface area contributed by atoms with Gasteiger partial charge in [0.2, 0.25) is 0 Å². The Morgan fingerprint density at radius 2 is 1.31 bits per heavy atom. The molecule has 2 unspecified atom stereocenters. The van der Waals surface area contributed by atoms with Gasteiger partial charge in [-0.15, -0.1) is 0 Å². The first kappa shape index (κ1) is 20.1. The molecular weight excluding hydrogens is 258 g/mol. The minimum atomic E-state index is -0.916. The van der Waals surface area contributed by atoms with Gasteiger partial charge in [-0.1, -0.05) is 0 Å². The van der Waals surface area contributed by atoms with Gasteiger partial charge in [-0.2, -0.15) is 0 Å². The van der Waals surface area contributed by atoms with Gasteiger partial charge in [-0.05, 0) is 0 Å². The molecule has 0 aromatic rings. The average Bonchev–Trinajstić information content (AvgIpc) is 2.04. The van der Waals surface area contributed by atoms with Gasteiger partial charge in [0.1, 0.15) is 12.2 Å². The monoisotopic (exact) mass is 272 g/mol. The molecule has 13 heavy (non-hydrogen) atoms. The van der Waals surface area contributed by atoms with Crippen molar-refractivity contribution in [2.75, 3.05) is 26.4 Å². The van der Waals surface area contributed by atoms with E-state index >= 15 is 0 Å². The number of ether oxygens (including phenoxy) is 1. The third-order valence-electron chi connectivity index (χ3n) is 1.04. The van der Waals surface area contributed by atoms with E-state index < -0.39 is 12.2 Å². The second-order valence-corrected chi connectivity index (χ2v) is 2.21. The van der Waals surface area contributed by atoms with Crippen LogP contribution in [0.4, 0.5) is 0 Å². The SMILES string of the molecule is OCC(O)COCC(O)CO.[Ca+2].[H-].[H-].[Zn]. The first-order valence-corrected chi connectivity index (χ1v) is 3.36. The maximum absolute atomic E-state index is 8.72. The quantitative estimate of drug-likeness (QED) is 0.404. The van der Waals surface area contributed by atoms with Crippen LogP contribution in [0.1, 0.15) is 2.85 Å². The molecule has 0 aliphatic rings. The Morgan fingerprint density at radius 1 is 1.00 bits per heavy atom. The van der Waals surface area contributed by atoms with Gasteiger partial charge in [-0.3, -0.25) is 0 Å². The van der Waals surface area contributed by atoms with Gasteiger partial charge in [-0.25, -0.2) is 0 Å². The summed E-state index contributed by atoms with van der Waals surface area (Å²) in [6.45, 7) is -0.800. The van der Waals surface area contributed by atoms with E-state index in [9.17, 15) is 0 Å². The van der Waals surface area contributed by atoms with Gasteiger partial charge in [0.25, 0.3) is 0 Å². The second kappa shape index (κ2) is 13.7. The molecule has 0 bridgehead atoms. The van der Waals surface area contributed by atoms with Gasteiger partial charge in [0, 0.05) is 19.5 Å². The summed E-state index contributed by atoms with van der Waals surface area (Å²) in [5, 5.41) is 34.1. The Balaban J connectivity index is -0.0000000833.